The van der Waals surface area contributed by atoms with Gasteiger partial charge in [0, 0.05) is 43.2 Å². The lowest BCUT2D eigenvalue weighted by Gasteiger charge is -2.34. The van der Waals surface area contributed by atoms with E-state index in [9.17, 15) is 4.79 Å². The molecule has 2 aromatic heterocycles. The maximum atomic E-state index is 11.7. The Balaban J connectivity index is 1.66. The highest BCUT2D eigenvalue weighted by atomic mass is 32.1. The van der Waals surface area contributed by atoms with Crippen molar-refractivity contribution in [1.29, 1.82) is 0 Å². The van der Waals surface area contributed by atoms with E-state index < -0.39 is 0 Å². The summed E-state index contributed by atoms with van der Waals surface area (Å²) in [6.07, 6.45) is 1.36. The van der Waals surface area contributed by atoms with Crippen LogP contribution in [0.2, 0.25) is 0 Å². The Labute approximate surface area is 133 Å². The number of hydrogen-bond donors (Lipinski definition) is 0. The molecule has 3 heterocycles. The van der Waals surface area contributed by atoms with Gasteiger partial charge in [0.15, 0.2) is 0 Å². The largest absolute Gasteiger partial charge is 0.450 e. The first-order valence-electron chi connectivity index (χ1n) is 7.29. The van der Waals surface area contributed by atoms with Crippen LogP contribution in [-0.4, -0.2) is 53.7 Å². The number of carbonyl (C=O) groups is 1. The summed E-state index contributed by atoms with van der Waals surface area (Å²) >= 11 is 1.65. The van der Waals surface area contributed by atoms with E-state index in [4.69, 9.17) is 4.74 Å². The van der Waals surface area contributed by atoms with E-state index >= 15 is 0 Å². The van der Waals surface area contributed by atoms with Crippen LogP contribution in [0.1, 0.15) is 6.92 Å². The minimum atomic E-state index is -0.233. The molecule has 1 amide bonds. The third-order valence-corrected chi connectivity index (χ3v) is 4.28. The zero-order valence-electron chi connectivity index (χ0n) is 12.4. The normalized spacial score (nSPS) is 15.0. The van der Waals surface area contributed by atoms with Crippen molar-refractivity contribution in [1.82, 2.24) is 14.9 Å². The van der Waals surface area contributed by atoms with Crippen molar-refractivity contribution in [2.75, 3.05) is 37.7 Å². The maximum Gasteiger partial charge on any atom is 0.409 e. The van der Waals surface area contributed by atoms with Crippen molar-refractivity contribution < 1.29 is 9.53 Å². The predicted molar refractivity (Wildman–Crippen MR) is 86.2 cm³/mol. The van der Waals surface area contributed by atoms with Gasteiger partial charge in [-0.05, 0) is 18.4 Å². The molecule has 1 saturated heterocycles. The number of ether oxygens (including phenoxy) is 1. The van der Waals surface area contributed by atoms with Crippen molar-refractivity contribution in [3.63, 3.8) is 0 Å². The Bertz CT molecular complexity index is 624. The number of anilines is 1. The molecule has 6 nitrogen and oxygen atoms in total. The lowest BCUT2D eigenvalue weighted by atomic mass is 10.2. The molecule has 116 valence electrons. The smallest absolute Gasteiger partial charge is 0.409 e. The van der Waals surface area contributed by atoms with E-state index in [1.165, 1.54) is 0 Å². The third kappa shape index (κ3) is 3.19. The van der Waals surface area contributed by atoms with Gasteiger partial charge in [-0.3, -0.25) is 0 Å². The lowest BCUT2D eigenvalue weighted by Crippen LogP contribution is -2.49. The molecule has 22 heavy (non-hydrogen) atoms. The average molecular weight is 318 g/mol. The molecule has 0 aromatic carbocycles. The van der Waals surface area contributed by atoms with Crippen LogP contribution in [0.15, 0.2) is 29.2 Å². The van der Waals surface area contributed by atoms with Gasteiger partial charge in [-0.1, -0.05) is 0 Å². The van der Waals surface area contributed by atoms with Gasteiger partial charge < -0.3 is 14.5 Å². The van der Waals surface area contributed by atoms with Gasteiger partial charge in [-0.2, -0.15) is 11.3 Å². The summed E-state index contributed by atoms with van der Waals surface area (Å²) in [6.45, 7) is 5.03. The van der Waals surface area contributed by atoms with Crippen LogP contribution in [0, 0.1) is 0 Å². The van der Waals surface area contributed by atoms with Crippen LogP contribution in [0.3, 0.4) is 0 Å². The second-order valence-electron chi connectivity index (χ2n) is 4.95. The van der Waals surface area contributed by atoms with E-state index in [2.05, 4.69) is 26.3 Å². The number of thiophene rings is 1. The van der Waals surface area contributed by atoms with Crippen molar-refractivity contribution in [2.24, 2.45) is 0 Å². The highest BCUT2D eigenvalue weighted by Crippen LogP contribution is 2.23. The third-order valence-electron chi connectivity index (χ3n) is 3.60. The van der Waals surface area contributed by atoms with Crippen LogP contribution in [0.5, 0.6) is 0 Å². The van der Waals surface area contributed by atoms with Crippen molar-refractivity contribution in [3.05, 3.63) is 29.2 Å². The van der Waals surface area contributed by atoms with E-state index in [0.29, 0.717) is 19.7 Å². The zero-order chi connectivity index (χ0) is 15.4. The van der Waals surface area contributed by atoms with E-state index in [0.717, 1.165) is 30.2 Å². The summed E-state index contributed by atoms with van der Waals surface area (Å²) < 4.78 is 5.03. The van der Waals surface area contributed by atoms with Gasteiger partial charge in [0.2, 0.25) is 0 Å². The lowest BCUT2D eigenvalue weighted by molar-refractivity contribution is 0.105. The number of amides is 1. The summed E-state index contributed by atoms with van der Waals surface area (Å²) in [7, 11) is 0. The number of carbonyl (C=O) groups excluding carboxylic acids is 1. The van der Waals surface area contributed by atoms with Gasteiger partial charge >= 0.3 is 6.09 Å². The molecule has 0 unspecified atom stereocenters. The number of rotatable bonds is 3. The van der Waals surface area contributed by atoms with Gasteiger partial charge in [0.1, 0.15) is 12.1 Å². The average Bonchev–Trinajstić information content (AvgIpc) is 3.10. The van der Waals surface area contributed by atoms with Crippen LogP contribution >= 0.6 is 11.3 Å². The van der Waals surface area contributed by atoms with Crippen molar-refractivity contribution >= 4 is 23.2 Å². The molecule has 0 spiro atoms. The Kier molecular flexibility index (Phi) is 4.53. The first-order valence-corrected chi connectivity index (χ1v) is 8.23. The topological polar surface area (TPSA) is 58.6 Å². The van der Waals surface area contributed by atoms with Crippen LogP contribution in [0.4, 0.5) is 10.6 Å². The van der Waals surface area contributed by atoms with Crippen LogP contribution < -0.4 is 4.90 Å². The Hall–Kier alpha value is -2.15. The Morgan fingerprint density at radius 2 is 2.14 bits per heavy atom. The molecule has 0 aliphatic carbocycles. The molecule has 7 heteroatoms. The van der Waals surface area contributed by atoms with Crippen molar-refractivity contribution in [3.8, 4) is 11.3 Å². The standard InChI is InChI=1S/C15H18N4O2S/c1-2-21-15(20)19-6-4-18(5-7-19)14-9-13(16-11-17-14)12-3-8-22-10-12/h3,8-11H,2,4-7H2,1H3. The molecule has 1 aliphatic heterocycles. The van der Waals surface area contributed by atoms with Gasteiger partial charge in [0.25, 0.3) is 0 Å². The van der Waals surface area contributed by atoms with E-state index in [1.54, 1.807) is 22.6 Å². The minimum Gasteiger partial charge on any atom is -0.450 e. The van der Waals surface area contributed by atoms with E-state index in [1.807, 2.05) is 18.4 Å². The van der Waals surface area contributed by atoms with E-state index in [-0.39, 0.29) is 6.09 Å². The summed E-state index contributed by atoms with van der Waals surface area (Å²) in [5.74, 6) is 0.903. The second-order valence-corrected chi connectivity index (χ2v) is 5.73. The summed E-state index contributed by atoms with van der Waals surface area (Å²) in [4.78, 5) is 24.3. The molecular formula is C15H18N4O2S. The number of piperazine rings is 1. The summed E-state index contributed by atoms with van der Waals surface area (Å²) in [5.41, 5.74) is 2.04. The molecule has 2 aromatic rings. The van der Waals surface area contributed by atoms with Crippen LogP contribution in [-0.2, 0) is 4.74 Å². The monoisotopic (exact) mass is 318 g/mol. The molecule has 3 rings (SSSR count). The molecular weight excluding hydrogens is 300 g/mol. The minimum absolute atomic E-state index is 0.233. The van der Waals surface area contributed by atoms with Gasteiger partial charge in [-0.15, -0.1) is 0 Å². The number of nitrogens with zero attached hydrogens (tertiary/aromatic N) is 4. The zero-order valence-corrected chi connectivity index (χ0v) is 13.3. The highest BCUT2D eigenvalue weighted by molar-refractivity contribution is 7.08. The quantitative estimate of drug-likeness (QED) is 0.870. The Morgan fingerprint density at radius 1 is 1.32 bits per heavy atom. The van der Waals surface area contributed by atoms with Gasteiger partial charge in [0.05, 0.1) is 12.3 Å². The number of hydrogen-bond acceptors (Lipinski definition) is 6. The molecule has 0 radical (unpaired) electrons. The summed E-state index contributed by atoms with van der Waals surface area (Å²) in [5, 5.41) is 4.11. The Morgan fingerprint density at radius 3 is 2.82 bits per heavy atom. The molecule has 0 saturated carbocycles. The molecule has 1 aliphatic rings. The summed E-state index contributed by atoms with van der Waals surface area (Å²) in [6, 6.07) is 4.05. The van der Waals surface area contributed by atoms with Crippen LogP contribution in [0.25, 0.3) is 11.3 Å². The van der Waals surface area contributed by atoms with Crippen molar-refractivity contribution in [2.45, 2.75) is 6.92 Å². The molecule has 0 atom stereocenters. The fourth-order valence-electron chi connectivity index (χ4n) is 2.42. The first kappa shape index (κ1) is 14.8. The maximum absolute atomic E-state index is 11.7. The SMILES string of the molecule is CCOC(=O)N1CCN(c2cc(-c3ccsc3)ncn2)CC1. The second kappa shape index (κ2) is 6.74. The fraction of sp³-hybridized carbons (Fsp3) is 0.400. The first-order chi connectivity index (χ1) is 10.8. The van der Waals surface area contributed by atoms with Gasteiger partial charge in [-0.25, -0.2) is 14.8 Å². The predicted octanol–water partition coefficient (Wildman–Crippen LogP) is 2.48. The number of aromatic nitrogens is 2. The fourth-order valence-corrected chi connectivity index (χ4v) is 3.07. The molecule has 1 fully saturated rings. The molecule has 0 bridgehead atoms. The highest BCUT2D eigenvalue weighted by Gasteiger charge is 2.22. The molecule has 0 N–H and O–H groups in total.